The van der Waals surface area contributed by atoms with E-state index in [0.29, 0.717) is 36.9 Å². The minimum atomic E-state index is 0.0766. The standard InChI is InChI=1S/C17H21N3O2/c18-7-1-2-9-22-15-4-3-8-19-16(15)20-17(21)14-11-12-5-6-13(14)10-12/h3-4,8,12-14H,1-2,5-6,9-11H2,(H,19,20,21)/t12-,13-,14+/m0/s1. The van der Waals surface area contributed by atoms with E-state index in [9.17, 15) is 4.79 Å². The van der Waals surface area contributed by atoms with Gasteiger partial charge in [-0.05, 0) is 49.7 Å². The maximum absolute atomic E-state index is 12.5. The molecule has 22 heavy (non-hydrogen) atoms. The van der Waals surface area contributed by atoms with Crippen LogP contribution in [-0.2, 0) is 4.79 Å². The molecule has 2 fully saturated rings. The van der Waals surface area contributed by atoms with E-state index in [4.69, 9.17) is 10.00 Å². The number of anilines is 1. The monoisotopic (exact) mass is 299 g/mol. The average molecular weight is 299 g/mol. The lowest BCUT2D eigenvalue weighted by molar-refractivity contribution is -0.121. The SMILES string of the molecule is N#CCCCOc1cccnc1NC(=O)[C@@H]1C[C@H]2CC[C@H]1C2. The zero-order valence-corrected chi connectivity index (χ0v) is 12.6. The molecule has 0 saturated heterocycles. The number of nitrogens with one attached hydrogen (secondary N) is 1. The highest BCUT2D eigenvalue weighted by Gasteiger charge is 2.43. The van der Waals surface area contributed by atoms with Gasteiger partial charge >= 0.3 is 0 Å². The Bertz CT molecular complexity index is 582. The molecule has 1 heterocycles. The number of pyridine rings is 1. The summed E-state index contributed by atoms with van der Waals surface area (Å²) in [5, 5.41) is 11.5. The molecule has 2 saturated carbocycles. The number of aromatic nitrogens is 1. The maximum atomic E-state index is 12.5. The van der Waals surface area contributed by atoms with Crippen molar-refractivity contribution < 1.29 is 9.53 Å². The molecule has 5 heteroatoms. The van der Waals surface area contributed by atoms with Crippen molar-refractivity contribution in [3.05, 3.63) is 18.3 Å². The van der Waals surface area contributed by atoms with E-state index >= 15 is 0 Å². The van der Waals surface area contributed by atoms with Crippen molar-refractivity contribution in [3.63, 3.8) is 0 Å². The largest absolute Gasteiger partial charge is 0.490 e. The Hall–Kier alpha value is -2.09. The van der Waals surface area contributed by atoms with Crippen molar-refractivity contribution >= 4 is 11.7 Å². The average Bonchev–Trinajstić information content (AvgIpc) is 3.16. The van der Waals surface area contributed by atoms with Gasteiger partial charge in [-0.1, -0.05) is 6.42 Å². The number of nitriles is 1. The molecule has 0 radical (unpaired) electrons. The predicted molar refractivity (Wildman–Crippen MR) is 82.1 cm³/mol. The molecule has 1 aromatic rings. The first kappa shape index (κ1) is 14.8. The second-order valence-corrected chi connectivity index (χ2v) is 6.23. The summed E-state index contributed by atoms with van der Waals surface area (Å²) in [5.41, 5.74) is 0. The summed E-state index contributed by atoms with van der Waals surface area (Å²) in [6.45, 7) is 0.455. The van der Waals surface area contributed by atoms with Crippen molar-refractivity contribution in [2.45, 2.75) is 38.5 Å². The lowest BCUT2D eigenvalue weighted by Crippen LogP contribution is -2.27. The molecule has 3 atom stereocenters. The maximum Gasteiger partial charge on any atom is 0.229 e. The molecule has 1 amide bonds. The van der Waals surface area contributed by atoms with Crippen LogP contribution in [0.3, 0.4) is 0 Å². The van der Waals surface area contributed by atoms with Crippen molar-refractivity contribution in [2.75, 3.05) is 11.9 Å². The van der Waals surface area contributed by atoms with Gasteiger partial charge in [-0.3, -0.25) is 4.79 Å². The minimum absolute atomic E-state index is 0.0766. The highest BCUT2D eigenvalue weighted by molar-refractivity contribution is 5.93. The number of fused-ring (bicyclic) bond motifs is 2. The van der Waals surface area contributed by atoms with E-state index in [-0.39, 0.29) is 11.8 Å². The Morgan fingerprint density at radius 3 is 3.09 bits per heavy atom. The summed E-state index contributed by atoms with van der Waals surface area (Å²) in [6.07, 6.45) is 7.48. The quantitative estimate of drug-likeness (QED) is 0.819. The highest BCUT2D eigenvalue weighted by atomic mass is 16.5. The number of nitrogens with zero attached hydrogens (tertiary/aromatic N) is 2. The van der Waals surface area contributed by atoms with Crippen LogP contribution >= 0.6 is 0 Å². The first-order valence-electron chi connectivity index (χ1n) is 8.03. The van der Waals surface area contributed by atoms with Crippen LogP contribution in [0.4, 0.5) is 5.82 Å². The van der Waals surface area contributed by atoms with Crippen molar-refractivity contribution in [2.24, 2.45) is 17.8 Å². The smallest absolute Gasteiger partial charge is 0.229 e. The van der Waals surface area contributed by atoms with E-state index in [2.05, 4.69) is 16.4 Å². The number of hydrogen-bond donors (Lipinski definition) is 1. The third-order valence-corrected chi connectivity index (χ3v) is 4.78. The number of carbonyl (C=O) groups excluding carboxylic acids is 1. The Labute approximate surface area is 130 Å². The van der Waals surface area contributed by atoms with Gasteiger partial charge in [-0.2, -0.15) is 5.26 Å². The number of ether oxygens (including phenoxy) is 1. The van der Waals surface area contributed by atoms with Crippen LogP contribution in [0.1, 0.15) is 38.5 Å². The van der Waals surface area contributed by atoms with E-state index < -0.39 is 0 Å². The van der Waals surface area contributed by atoms with Crippen molar-refractivity contribution in [1.29, 1.82) is 5.26 Å². The first-order valence-corrected chi connectivity index (χ1v) is 8.03. The number of unbranched alkanes of at least 4 members (excludes halogenated alkanes) is 1. The highest BCUT2D eigenvalue weighted by Crippen LogP contribution is 2.48. The summed E-state index contributed by atoms with van der Waals surface area (Å²) in [7, 11) is 0. The van der Waals surface area contributed by atoms with Crippen LogP contribution < -0.4 is 10.1 Å². The number of carbonyl (C=O) groups is 1. The Morgan fingerprint density at radius 2 is 2.36 bits per heavy atom. The van der Waals surface area contributed by atoms with Gasteiger partial charge in [0, 0.05) is 18.5 Å². The molecule has 0 aliphatic heterocycles. The van der Waals surface area contributed by atoms with E-state index in [0.717, 1.165) is 12.3 Å². The Kier molecular flexibility index (Phi) is 4.57. The normalized spacial score (nSPS) is 25.7. The van der Waals surface area contributed by atoms with Gasteiger partial charge in [-0.15, -0.1) is 0 Å². The van der Waals surface area contributed by atoms with Crippen LogP contribution in [0, 0.1) is 29.1 Å². The van der Waals surface area contributed by atoms with Gasteiger partial charge in [-0.25, -0.2) is 4.98 Å². The van der Waals surface area contributed by atoms with E-state index in [1.807, 2.05) is 0 Å². The third kappa shape index (κ3) is 3.22. The van der Waals surface area contributed by atoms with Crippen molar-refractivity contribution in [1.82, 2.24) is 4.98 Å². The molecule has 0 unspecified atom stereocenters. The zero-order chi connectivity index (χ0) is 15.4. The summed E-state index contributed by atoms with van der Waals surface area (Å²) >= 11 is 0. The summed E-state index contributed by atoms with van der Waals surface area (Å²) < 4.78 is 5.64. The molecule has 3 rings (SSSR count). The second-order valence-electron chi connectivity index (χ2n) is 6.23. The van der Waals surface area contributed by atoms with Crippen LogP contribution in [0.5, 0.6) is 5.75 Å². The molecule has 2 bridgehead atoms. The van der Waals surface area contributed by atoms with Crippen LogP contribution in [0.25, 0.3) is 0 Å². The molecule has 116 valence electrons. The van der Waals surface area contributed by atoms with Crippen LogP contribution in [0.2, 0.25) is 0 Å². The fraction of sp³-hybridized carbons (Fsp3) is 0.588. The minimum Gasteiger partial charge on any atom is -0.490 e. The first-order chi connectivity index (χ1) is 10.8. The van der Waals surface area contributed by atoms with E-state index in [1.54, 1.807) is 18.3 Å². The molecular weight excluding hydrogens is 278 g/mol. The summed E-state index contributed by atoms with van der Waals surface area (Å²) in [6, 6.07) is 5.67. The summed E-state index contributed by atoms with van der Waals surface area (Å²) in [4.78, 5) is 16.7. The molecule has 1 N–H and O–H groups in total. The van der Waals surface area contributed by atoms with Gasteiger partial charge in [0.25, 0.3) is 0 Å². The molecule has 5 nitrogen and oxygen atoms in total. The lowest BCUT2D eigenvalue weighted by atomic mass is 9.88. The molecular formula is C17H21N3O2. The van der Waals surface area contributed by atoms with Gasteiger partial charge in [0.1, 0.15) is 0 Å². The molecule has 2 aliphatic carbocycles. The number of hydrogen-bond acceptors (Lipinski definition) is 4. The van der Waals surface area contributed by atoms with Gasteiger partial charge in [0.15, 0.2) is 11.6 Å². The van der Waals surface area contributed by atoms with Crippen LogP contribution in [-0.4, -0.2) is 17.5 Å². The van der Waals surface area contributed by atoms with E-state index in [1.165, 1.54) is 19.3 Å². The lowest BCUT2D eigenvalue weighted by Gasteiger charge is -2.21. The molecule has 1 aromatic heterocycles. The van der Waals surface area contributed by atoms with Gasteiger partial charge < -0.3 is 10.1 Å². The van der Waals surface area contributed by atoms with Crippen molar-refractivity contribution in [3.8, 4) is 11.8 Å². The Morgan fingerprint density at radius 1 is 1.45 bits per heavy atom. The second kappa shape index (κ2) is 6.78. The molecule has 2 aliphatic rings. The number of rotatable bonds is 6. The van der Waals surface area contributed by atoms with Gasteiger partial charge in [0.05, 0.1) is 12.7 Å². The molecule has 0 aromatic carbocycles. The number of amides is 1. The van der Waals surface area contributed by atoms with Gasteiger partial charge in [0.2, 0.25) is 5.91 Å². The predicted octanol–water partition coefficient (Wildman–Crippen LogP) is 3.14. The van der Waals surface area contributed by atoms with Crippen LogP contribution in [0.15, 0.2) is 18.3 Å². The Balaban J connectivity index is 1.60. The zero-order valence-electron chi connectivity index (χ0n) is 12.6. The molecule has 0 spiro atoms. The topological polar surface area (TPSA) is 75.0 Å². The third-order valence-electron chi connectivity index (χ3n) is 4.78. The fourth-order valence-electron chi connectivity index (χ4n) is 3.71. The summed E-state index contributed by atoms with van der Waals surface area (Å²) in [5.74, 6) is 2.57. The fourth-order valence-corrected chi connectivity index (χ4v) is 3.71.